The van der Waals surface area contributed by atoms with Crippen molar-refractivity contribution < 1.29 is 4.52 Å². The van der Waals surface area contributed by atoms with E-state index in [0.717, 1.165) is 22.5 Å². The van der Waals surface area contributed by atoms with Gasteiger partial charge in [-0.05, 0) is 31.3 Å². The van der Waals surface area contributed by atoms with Crippen molar-refractivity contribution in [2.24, 2.45) is 0 Å². The highest BCUT2D eigenvalue weighted by molar-refractivity contribution is 7.71. The summed E-state index contributed by atoms with van der Waals surface area (Å²) >= 11 is 17.3. The fourth-order valence-corrected chi connectivity index (χ4v) is 2.55. The Labute approximate surface area is 123 Å². The molecular weight excluding hydrogens is 305 g/mol. The Morgan fingerprint density at radius 3 is 2.74 bits per heavy atom. The first kappa shape index (κ1) is 12.7. The van der Waals surface area contributed by atoms with E-state index in [1.807, 2.05) is 17.6 Å². The van der Waals surface area contributed by atoms with E-state index in [1.165, 1.54) is 0 Å². The Bertz CT molecular complexity index is 818. The molecule has 3 rings (SSSR count). The summed E-state index contributed by atoms with van der Waals surface area (Å²) in [5.41, 5.74) is 2.56. The van der Waals surface area contributed by atoms with Crippen LogP contribution in [0.4, 0.5) is 0 Å². The lowest BCUT2D eigenvalue weighted by Gasteiger charge is -2.02. The molecule has 0 saturated heterocycles. The van der Waals surface area contributed by atoms with E-state index in [-0.39, 0.29) is 0 Å². The number of nitrogens with zero attached hydrogens (tertiary/aromatic N) is 2. The molecule has 0 saturated carbocycles. The summed E-state index contributed by atoms with van der Waals surface area (Å²) < 4.78 is 7.69. The van der Waals surface area contributed by atoms with Crippen molar-refractivity contribution >= 4 is 46.5 Å². The molecule has 7 heteroatoms. The SMILES string of the molecule is Cc1cc(Cn2c(=S)[nH]c3cc(Cl)c(Cl)cc32)on1. The molecular formula is C12H9Cl2N3OS. The third-order valence-corrected chi connectivity index (χ3v) is 3.85. The molecule has 0 radical (unpaired) electrons. The van der Waals surface area contributed by atoms with Gasteiger partial charge in [0.05, 0.1) is 33.3 Å². The van der Waals surface area contributed by atoms with Crippen LogP contribution in [0.3, 0.4) is 0 Å². The summed E-state index contributed by atoms with van der Waals surface area (Å²) in [6.07, 6.45) is 0. The van der Waals surface area contributed by atoms with Crippen LogP contribution in [0.25, 0.3) is 11.0 Å². The molecule has 98 valence electrons. The number of benzene rings is 1. The fourth-order valence-electron chi connectivity index (χ4n) is 1.96. The predicted molar refractivity (Wildman–Crippen MR) is 77.5 cm³/mol. The number of hydrogen-bond acceptors (Lipinski definition) is 3. The molecule has 1 N–H and O–H groups in total. The van der Waals surface area contributed by atoms with Gasteiger partial charge in [-0.2, -0.15) is 0 Å². The van der Waals surface area contributed by atoms with Gasteiger partial charge in [0, 0.05) is 6.07 Å². The van der Waals surface area contributed by atoms with Gasteiger partial charge < -0.3 is 14.1 Å². The normalized spacial score (nSPS) is 11.3. The Balaban J connectivity index is 2.15. The van der Waals surface area contributed by atoms with Crippen LogP contribution in [0, 0.1) is 11.7 Å². The third kappa shape index (κ3) is 2.29. The van der Waals surface area contributed by atoms with Crippen LogP contribution in [0.1, 0.15) is 11.5 Å². The maximum absolute atomic E-state index is 6.05. The van der Waals surface area contributed by atoms with Crippen molar-refractivity contribution in [3.05, 3.63) is 44.5 Å². The topological polar surface area (TPSA) is 46.8 Å². The smallest absolute Gasteiger partial charge is 0.178 e. The van der Waals surface area contributed by atoms with E-state index in [0.29, 0.717) is 21.4 Å². The van der Waals surface area contributed by atoms with E-state index in [9.17, 15) is 0 Å². The molecule has 0 bridgehead atoms. The van der Waals surface area contributed by atoms with Crippen LogP contribution in [-0.4, -0.2) is 14.7 Å². The van der Waals surface area contributed by atoms with Crippen LogP contribution < -0.4 is 0 Å². The number of aryl methyl sites for hydroxylation is 1. The van der Waals surface area contributed by atoms with Crippen molar-refractivity contribution in [1.29, 1.82) is 0 Å². The molecule has 2 heterocycles. The summed E-state index contributed by atoms with van der Waals surface area (Å²) in [6, 6.07) is 5.42. The van der Waals surface area contributed by atoms with Gasteiger partial charge in [0.15, 0.2) is 10.5 Å². The average Bonchev–Trinajstić information content (AvgIpc) is 2.87. The van der Waals surface area contributed by atoms with E-state index in [2.05, 4.69) is 10.1 Å². The predicted octanol–water partition coefficient (Wildman–Crippen LogP) is 4.35. The van der Waals surface area contributed by atoms with Gasteiger partial charge in [-0.3, -0.25) is 0 Å². The number of H-pyrrole nitrogens is 1. The summed E-state index contributed by atoms with van der Waals surface area (Å²) in [4.78, 5) is 3.09. The van der Waals surface area contributed by atoms with Gasteiger partial charge in [-0.1, -0.05) is 28.4 Å². The van der Waals surface area contributed by atoms with E-state index < -0.39 is 0 Å². The molecule has 19 heavy (non-hydrogen) atoms. The first-order valence-electron chi connectivity index (χ1n) is 5.54. The van der Waals surface area contributed by atoms with Crippen molar-refractivity contribution in [3.8, 4) is 0 Å². The lowest BCUT2D eigenvalue weighted by atomic mass is 10.3. The van der Waals surface area contributed by atoms with Crippen molar-refractivity contribution in [2.45, 2.75) is 13.5 Å². The standard InChI is InChI=1S/C12H9Cl2N3OS/c1-6-2-7(18-16-6)5-17-11-4-9(14)8(13)3-10(11)15-12(17)19/h2-4H,5H2,1H3,(H,15,19). The minimum atomic E-state index is 0.491. The lowest BCUT2D eigenvalue weighted by Crippen LogP contribution is -1.98. The fraction of sp³-hybridized carbons (Fsp3) is 0.167. The highest BCUT2D eigenvalue weighted by Crippen LogP contribution is 2.28. The number of imidazole rings is 1. The second-order valence-electron chi connectivity index (χ2n) is 4.23. The third-order valence-electron chi connectivity index (χ3n) is 2.81. The largest absolute Gasteiger partial charge is 0.359 e. The molecule has 3 aromatic rings. The van der Waals surface area contributed by atoms with Gasteiger partial charge in [0.2, 0.25) is 0 Å². The molecule has 4 nitrogen and oxygen atoms in total. The Morgan fingerprint density at radius 2 is 2.05 bits per heavy atom. The summed E-state index contributed by atoms with van der Waals surface area (Å²) in [7, 11) is 0. The molecule has 2 aromatic heterocycles. The molecule has 1 aromatic carbocycles. The van der Waals surface area contributed by atoms with Gasteiger partial charge in [0.1, 0.15) is 0 Å². The highest BCUT2D eigenvalue weighted by atomic mass is 35.5. The number of fused-ring (bicyclic) bond motifs is 1. The Morgan fingerprint density at radius 1 is 1.32 bits per heavy atom. The van der Waals surface area contributed by atoms with Crippen LogP contribution in [0.2, 0.25) is 10.0 Å². The summed E-state index contributed by atoms with van der Waals surface area (Å²) in [5, 5.41) is 4.84. The van der Waals surface area contributed by atoms with Crippen LogP contribution in [-0.2, 0) is 6.54 Å². The Kier molecular flexibility index (Phi) is 3.12. The molecule has 0 fully saturated rings. The van der Waals surface area contributed by atoms with Gasteiger partial charge in [-0.15, -0.1) is 0 Å². The molecule has 0 unspecified atom stereocenters. The van der Waals surface area contributed by atoms with E-state index in [4.69, 9.17) is 39.9 Å². The summed E-state index contributed by atoms with van der Waals surface area (Å²) in [6.45, 7) is 2.37. The summed E-state index contributed by atoms with van der Waals surface area (Å²) in [5.74, 6) is 0.737. The monoisotopic (exact) mass is 313 g/mol. The second kappa shape index (κ2) is 4.67. The average molecular weight is 314 g/mol. The minimum absolute atomic E-state index is 0.491. The lowest BCUT2D eigenvalue weighted by molar-refractivity contribution is 0.373. The zero-order chi connectivity index (χ0) is 13.6. The number of rotatable bonds is 2. The van der Waals surface area contributed by atoms with Crippen LogP contribution in [0.15, 0.2) is 22.7 Å². The van der Waals surface area contributed by atoms with Crippen molar-refractivity contribution in [2.75, 3.05) is 0 Å². The van der Waals surface area contributed by atoms with Crippen LogP contribution in [0.5, 0.6) is 0 Å². The van der Waals surface area contributed by atoms with Gasteiger partial charge >= 0.3 is 0 Å². The zero-order valence-electron chi connectivity index (χ0n) is 9.91. The van der Waals surface area contributed by atoms with Gasteiger partial charge in [-0.25, -0.2) is 0 Å². The number of hydrogen-bond donors (Lipinski definition) is 1. The van der Waals surface area contributed by atoms with E-state index in [1.54, 1.807) is 12.1 Å². The second-order valence-corrected chi connectivity index (χ2v) is 5.44. The first-order chi connectivity index (χ1) is 9.04. The molecule has 0 atom stereocenters. The van der Waals surface area contributed by atoms with Crippen molar-refractivity contribution in [3.63, 3.8) is 0 Å². The van der Waals surface area contributed by atoms with Gasteiger partial charge in [0.25, 0.3) is 0 Å². The zero-order valence-corrected chi connectivity index (χ0v) is 12.2. The minimum Gasteiger partial charge on any atom is -0.359 e. The molecule has 0 aliphatic carbocycles. The van der Waals surface area contributed by atoms with Crippen LogP contribution >= 0.6 is 35.4 Å². The van der Waals surface area contributed by atoms with E-state index >= 15 is 0 Å². The quantitative estimate of drug-likeness (QED) is 0.715. The molecule has 0 spiro atoms. The molecule has 0 aliphatic heterocycles. The molecule has 0 amide bonds. The number of aromatic amines is 1. The van der Waals surface area contributed by atoms with Crippen molar-refractivity contribution in [1.82, 2.24) is 14.7 Å². The number of aromatic nitrogens is 3. The molecule has 0 aliphatic rings. The first-order valence-corrected chi connectivity index (χ1v) is 6.71. The number of nitrogens with one attached hydrogen (secondary N) is 1. The Hall–Kier alpha value is -1.30. The number of halogens is 2. The maximum atomic E-state index is 6.05. The maximum Gasteiger partial charge on any atom is 0.178 e. The highest BCUT2D eigenvalue weighted by Gasteiger charge is 2.10.